The monoisotopic (exact) mass is 454 g/mol. The molecular weight excluding hydrogens is 432 g/mol. The van der Waals surface area contributed by atoms with Crippen molar-refractivity contribution in [2.24, 2.45) is 0 Å². The zero-order valence-electron chi connectivity index (χ0n) is 18.9. The number of carbonyl (C=O) groups is 3. The molecule has 1 fully saturated rings. The average molecular weight is 454 g/mol. The molecule has 0 bridgehead atoms. The van der Waals surface area contributed by atoms with Crippen molar-refractivity contribution in [3.05, 3.63) is 89.3 Å². The Hall–Kier alpha value is -4.58. The smallest absolute Gasteiger partial charge is 0.336 e. The fraction of sp³-hybridized carbons (Fsp3) is 0.200. The minimum atomic E-state index is -1.11. The van der Waals surface area contributed by atoms with Crippen molar-refractivity contribution in [2.75, 3.05) is 9.80 Å². The summed E-state index contributed by atoms with van der Waals surface area (Å²) >= 11 is 0. The van der Waals surface area contributed by atoms with Crippen molar-refractivity contribution in [1.82, 2.24) is 15.3 Å². The van der Waals surface area contributed by atoms with Gasteiger partial charge >= 0.3 is 6.03 Å². The summed E-state index contributed by atoms with van der Waals surface area (Å²) in [5, 5.41) is 2.75. The van der Waals surface area contributed by atoms with Crippen molar-refractivity contribution in [2.45, 2.75) is 32.9 Å². The molecule has 2 aromatic carbocycles. The van der Waals surface area contributed by atoms with Crippen molar-refractivity contribution in [3.63, 3.8) is 0 Å². The molecule has 2 heterocycles. The molecule has 0 atom stereocenters. The number of nitrogens with zero attached hydrogens (tertiary/aromatic N) is 5. The number of rotatable bonds is 5. The van der Waals surface area contributed by atoms with Gasteiger partial charge in [-0.1, -0.05) is 18.2 Å². The van der Waals surface area contributed by atoms with Crippen LogP contribution in [-0.4, -0.2) is 33.4 Å². The number of amides is 4. The first kappa shape index (κ1) is 22.6. The van der Waals surface area contributed by atoms with E-state index in [2.05, 4.69) is 20.1 Å². The molecule has 0 aliphatic carbocycles. The zero-order chi connectivity index (χ0) is 24.5. The minimum Gasteiger partial charge on any atom is -0.345 e. The van der Waals surface area contributed by atoms with E-state index in [1.165, 1.54) is 17.3 Å². The van der Waals surface area contributed by atoms with Crippen LogP contribution in [0.25, 0.3) is 4.85 Å². The van der Waals surface area contributed by atoms with Gasteiger partial charge in [-0.15, -0.1) is 0 Å². The lowest BCUT2D eigenvalue weighted by Gasteiger charge is -2.27. The van der Waals surface area contributed by atoms with Gasteiger partial charge in [0.2, 0.25) is 5.82 Å². The second-order valence-electron chi connectivity index (χ2n) is 8.32. The van der Waals surface area contributed by atoms with E-state index in [1.54, 1.807) is 69.3 Å². The van der Waals surface area contributed by atoms with Crippen molar-refractivity contribution >= 4 is 34.9 Å². The highest BCUT2D eigenvalue weighted by molar-refractivity contribution is 6.30. The van der Waals surface area contributed by atoms with Gasteiger partial charge in [0.1, 0.15) is 5.54 Å². The Morgan fingerprint density at radius 2 is 1.71 bits per heavy atom. The molecule has 1 N–H and O–H groups in total. The van der Waals surface area contributed by atoms with Crippen LogP contribution in [0, 0.1) is 13.5 Å². The summed E-state index contributed by atoms with van der Waals surface area (Å²) in [7, 11) is 0. The molecule has 0 saturated carbocycles. The quantitative estimate of drug-likeness (QED) is 0.464. The van der Waals surface area contributed by atoms with Crippen LogP contribution < -0.4 is 15.1 Å². The third-order valence-electron chi connectivity index (χ3n) is 5.64. The molecular formula is C25H22N6O3. The topological polar surface area (TPSA) is 99.9 Å². The maximum Gasteiger partial charge on any atom is 0.336 e. The van der Waals surface area contributed by atoms with Gasteiger partial charge in [0, 0.05) is 24.6 Å². The van der Waals surface area contributed by atoms with Crippen LogP contribution >= 0.6 is 0 Å². The molecule has 1 aromatic heterocycles. The standard InChI is InChI=1S/C25H22N6O3/c1-16-14-19(10-11-20(16)26-4)30-23(33)25(2,3)31(24(30)34)18-8-6-17(7-9-18)15-29-22(32)21-27-12-5-13-28-21/h5-14H,15H2,1-3H3,(H,29,32). The van der Waals surface area contributed by atoms with E-state index in [-0.39, 0.29) is 24.2 Å². The SMILES string of the molecule is [C-]#[N+]c1ccc(N2C(=O)N(c3ccc(CNC(=O)c4ncccn4)cc3)C(C)(C)C2=O)cc1C. The van der Waals surface area contributed by atoms with Crippen LogP contribution in [0.15, 0.2) is 60.9 Å². The first-order valence-electron chi connectivity index (χ1n) is 10.5. The number of nitrogens with one attached hydrogen (secondary N) is 1. The van der Waals surface area contributed by atoms with Crippen LogP contribution in [0.4, 0.5) is 21.9 Å². The lowest BCUT2D eigenvalue weighted by Crippen LogP contribution is -2.44. The Bertz CT molecular complexity index is 1310. The molecule has 0 radical (unpaired) electrons. The summed E-state index contributed by atoms with van der Waals surface area (Å²) < 4.78 is 0. The third-order valence-corrected chi connectivity index (χ3v) is 5.64. The van der Waals surface area contributed by atoms with Gasteiger partial charge in [0.25, 0.3) is 11.8 Å². The molecule has 3 aromatic rings. The van der Waals surface area contributed by atoms with Crippen molar-refractivity contribution in [1.29, 1.82) is 0 Å². The van der Waals surface area contributed by atoms with E-state index in [9.17, 15) is 14.4 Å². The van der Waals surface area contributed by atoms with E-state index in [0.29, 0.717) is 22.6 Å². The maximum absolute atomic E-state index is 13.4. The second kappa shape index (κ2) is 8.75. The molecule has 0 spiro atoms. The predicted octanol–water partition coefficient (Wildman–Crippen LogP) is 4.02. The lowest BCUT2D eigenvalue weighted by molar-refractivity contribution is -0.120. The normalized spacial score (nSPS) is 14.8. The highest BCUT2D eigenvalue weighted by atomic mass is 16.2. The van der Waals surface area contributed by atoms with Crippen LogP contribution in [0.2, 0.25) is 0 Å². The number of aromatic nitrogens is 2. The van der Waals surface area contributed by atoms with Crippen LogP contribution in [0.5, 0.6) is 0 Å². The number of hydrogen-bond donors (Lipinski definition) is 1. The molecule has 0 unspecified atom stereocenters. The summed E-state index contributed by atoms with van der Waals surface area (Å²) in [6.45, 7) is 12.6. The molecule has 4 amide bonds. The summed E-state index contributed by atoms with van der Waals surface area (Å²) in [6.07, 6.45) is 2.99. The van der Waals surface area contributed by atoms with Crippen LogP contribution in [0.3, 0.4) is 0 Å². The van der Waals surface area contributed by atoms with Crippen molar-refractivity contribution in [3.8, 4) is 0 Å². The lowest BCUT2D eigenvalue weighted by atomic mass is 10.0. The Labute approximate surface area is 196 Å². The van der Waals surface area contributed by atoms with E-state index in [4.69, 9.17) is 6.57 Å². The molecule has 9 heteroatoms. The van der Waals surface area contributed by atoms with Crippen LogP contribution in [-0.2, 0) is 11.3 Å². The van der Waals surface area contributed by atoms with E-state index in [1.807, 2.05) is 0 Å². The van der Waals surface area contributed by atoms with E-state index >= 15 is 0 Å². The van der Waals surface area contributed by atoms with Gasteiger partial charge in [-0.25, -0.2) is 24.5 Å². The Morgan fingerprint density at radius 1 is 1.06 bits per heavy atom. The van der Waals surface area contributed by atoms with Gasteiger partial charge in [-0.2, -0.15) is 0 Å². The van der Waals surface area contributed by atoms with Gasteiger partial charge in [-0.3, -0.25) is 14.5 Å². The fourth-order valence-corrected chi connectivity index (χ4v) is 3.80. The first-order chi connectivity index (χ1) is 16.2. The molecule has 1 aliphatic heterocycles. The number of aryl methyl sites for hydroxylation is 1. The fourth-order valence-electron chi connectivity index (χ4n) is 3.80. The van der Waals surface area contributed by atoms with E-state index in [0.717, 1.165) is 10.5 Å². The van der Waals surface area contributed by atoms with E-state index < -0.39 is 11.6 Å². The number of benzene rings is 2. The summed E-state index contributed by atoms with van der Waals surface area (Å²) in [4.78, 5) is 52.6. The third kappa shape index (κ3) is 3.97. The van der Waals surface area contributed by atoms with Gasteiger partial charge < -0.3 is 5.32 Å². The number of imide groups is 1. The first-order valence-corrected chi connectivity index (χ1v) is 10.5. The highest BCUT2D eigenvalue weighted by Crippen LogP contribution is 2.37. The van der Waals surface area contributed by atoms with Crippen molar-refractivity contribution < 1.29 is 14.4 Å². The average Bonchev–Trinajstić information content (AvgIpc) is 3.01. The summed E-state index contributed by atoms with van der Waals surface area (Å²) in [5.41, 5.74) is 1.85. The number of hydrogen-bond acceptors (Lipinski definition) is 5. The Balaban J connectivity index is 1.53. The van der Waals surface area contributed by atoms with Gasteiger partial charge in [0.15, 0.2) is 5.69 Å². The minimum absolute atomic E-state index is 0.0850. The number of urea groups is 1. The molecule has 1 saturated heterocycles. The maximum atomic E-state index is 13.4. The largest absolute Gasteiger partial charge is 0.345 e. The Morgan fingerprint density at radius 3 is 2.32 bits per heavy atom. The number of carbonyl (C=O) groups excluding carboxylic acids is 3. The molecule has 1 aliphatic rings. The molecule has 4 rings (SSSR count). The molecule has 9 nitrogen and oxygen atoms in total. The van der Waals surface area contributed by atoms with Gasteiger partial charge in [0.05, 0.1) is 12.3 Å². The van der Waals surface area contributed by atoms with Gasteiger partial charge in [-0.05, 0) is 62.2 Å². The predicted molar refractivity (Wildman–Crippen MR) is 127 cm³/mol. The second-order valence-corrected chi connectivity index (χ2v) is 8.32. The Kier molecular flexibility index (Phi) is 5.82. The highest BCUT2D eigenvalue weighted by Gasteiger charge is 2.52. The summed E-state index contributed by atoms with van der Waals surface area (Å²) in [6, 6.07) is 13.1. The zero-order valence-corrected chi connectivity index (χ0v) is 18.9. The van der Waals surface area contributed by atoms with Crippen LogP contribution in [0.1, 0.15) is 35.6 Å². The molecule has 170 valence electrons. The summed E-state index contributed by atoms with van der Waals surface area (Å²) in [5.74, 6) is -0.658. The molecule has 34 heavy (non-hydrogen) atoms. The number of anilines is 2.